The SMILES string of the molecule is CCN1CCNC(=O)C12CCN(C(=O)C1CC(C)C1)CC2. The van der Waals surface area contributed by atoms with Crippen LogP contribution in [0, 0.1) is 11.8 Å². The summed E-state index contributed by atoms with van der Waals surface area (Å²) in [7, 11) is 0. The van der Waals surface area contributed by atoms with Crippen LogP contribution in [0.1, 0.15) is 39.5 Å². The van der Waals surface area contributed by atoms with E-state index in [1.807, 2.05) is 4.90 Å². The predicted molar refractivity (Wildman–Crippen MR) is 80.7 cm³/mol. The zero-order chi connectivity index (χ0) is 15.0. The molecule has 0 aromatic rings. The molecule has 0 unspecified atom stereocenters. The van der Waals surface area contributed by atoms with E-state index in [0.717, 1.165) is 58.4 Å². The molecule has 21 heavy (non-hydrogen) atoms. The van der Waals surface area contributed by atoms with Crippen molar-refractivity contribution in [1.82, 2.24) is 15.1 Å². The standard InChI is InChI=1S/C16H27N3O2/c1-3-19-9-6-17-15(21)16(19)4-7-18(8-5-16)14(20)13-10-12(2)11-13/h12-13H,3-11H2,1-2H3,(H,17,21). The Bertz CT molecular complexity index is 423. The number of likely N-dealkylation sites (tertiary alicyclic amines) is 1. The van der Waals surface area contributed by atoms with E-state index < -0.39 is 0 Å². The van der Waals surface area contributed by atoms with E-state index >= 15 is 0 Å². The van der Waals surface area contributed by atoms with E-state index in [1.165, 1.54) is 0 Å². The first-order valence-electron chi connectivity index (χ1n) is 8.39. The van der Waals surface area contributed by atoms with Crippen molar-refractivity contribution in [1.29, 1.82) is 0 Å². The summed E-state index contributed by atoms with van der Waals surface area (Å²) >= 11 is 0. The van der Waals surface area contributed by atoms with E-state index in [0.29, 0.717) is 11.8 Å². The molecule has 2 amide bonds. The number of amides is 2. The van der Waals surface area contributed by atoms with Crippen LogP contribution < -0.4 is 5.32 Å². The average Bonchev–Trinajstić information content (AvgIpc) is 2.47. The zero-order valence-electron chi connectivity index (χ0n) is 13.2. The molecule has 0 aromatic carbocycles. The third kappa shape index (κ3) is 2.45. The maximum Gasteiger partial charge on any atom is 0.240 e. The second kappa shape index (κ2) is 5.59. The lowest BCUT2D eigenvalue weighted by Crippen LogP contribution is -2.68. The fourth-order valence-corrected chi connectivity index (χ4v) is 4.29. The van der Waals surface area contributed by atoms with Crippen molar-refractivity contribution in [3.63, 3.8) is 0 Å². The molecule has 0 radical (unpaired) electrons. The van der Waals surface area contributed by atoms with Gasteiger partial charge in [-0.1, -0.05) is 13.8 Å². The number of rotatable bonds is 2. The van der Waals surface area contributed by atoms with E-state index in [4.69, 9.17) is 0 Å². The van der Waals surface area contributed by atoms with Gasteiger partial charge in [0.1, 0.15) is 5.54 Å². The van der Waals surface area contributed by atoms with E-state index in [2.05, 4.69) is 24.1 Å². The lowest BCUT2D eigenvalue weighted by Gasteiger charge is -2.50. The Balaban J connectivity index is 1.63. The second-order valence-corrected chi connectivity index (χ2v) is 6.97. The van der Waals surface area contributed by atoms with Gasteiger partial charge in [-0.3, -0.25) is 14.5 Å². The highest BCUT2D eigenvalue weighted by molar-refractivity contribution is 5.88. The Morgan fingerprint density at radius 1 is 1.29 bits per heavy atom. The fraction of sp³-hybridized carbons (Fsp3) is 0.875. The van der Waals surface area contributed by atoms with Crippen molar-refractivity contribution < 1.29 is 9.59 Å². The normalized spacial score (nSPS) is 32.7. The topological polar surface area (TPSA) is 52.7 Å². The Morgan fingerprint density at radius 3 is 2.52 bits per heavy atom. The highest BCUT2D eigenvalue weighted by atomic mass is 16.2. The first kappa shape index (κ1) is 14.8. The van der Waals surface area contributed by atoms with Crippen LogP contribution in [-0.2, 0) is 9.59 Å². The van der Waals surface area contributed by atoms with Gasteiger partial charge in [0, 0.05) is 32.1 Å². The number of hydrogen-bond acceptors (Lipinski definition) is 3. The monoisotopic (exact) mass is 293 g/mol. The molecule has 0 aromatic heterocycles. The maximum absolute atomic E-state index is 12.4. The van der Waals surface area contributed by atoms with Gasteiger partial charge < -0.3 is 10.2 Å². The van der Waals surface area contributed by atoms with Gasteiger partial charge in [-0.2, -0.15) is 0 Å². The number of likely N-dealkylation sites (N-methyl/N-ethyl adjacent to an activating group) is 1. The lowest BCUT2D eigenvalue weighted by molar-refractivity contribution is -0.149. The highest BCUT2D eigenvalue weighted by Crippen LogP contribution is 2.37. The Hall–Kier alpha value is -1.10. The largest absolute Gasteiger partial charge is 0.353 e. The molecular weight excluding hydrogens is 266 g/mol. The summed E-state index contributed by atoms with van der Waals surface area (Å²) in [5.41, 5.74) is -0.364. The molecule has 3 fully saturated rings. The van der Waals surface area contributed by atoms with Crippen LogP contribution in [0.3, 0.4) is 0 Å². The van der Waals surface area contributed by atoms with E-state index in [9.17, 15) is 9.59 Å². The Labute approximate surface area is 127 Å². The summed E-state index contributed by atoms with van der Waals surface area (Å²) in [6.45, 7) is 8.37. The van der Waals surface area contributed by atoms with Crippen molar-refractivity contribution in [2.45, 2.75) is 45.1 Å². The zero-order valence-corrected chi connectivity index (χ0v) is 13.2. The Kier molecular flexibility index (Phi) is 3.95. The van der Waals surface area contributed by atoms with Gasteiger partial charge in [-0.15, -0.1) is 0 Å². The van der Waals surface area contributed by atoms with Crippen LogP contribution in [0.15, 0.2) is 0 Å². The summed E-state index contributed by atoms with van der Waals surface area (Å²) in [6.07, 6.45) is 3.64. The molecule has 5 nitrogen and oxygen atoms in total. The molecular formula is C16H27N3O2. The second-order valence-electron chi connectivity index (χ2n) is 6.97. The number of nitrogens with one attached hydrogen (secondary N) is 1. The number of piperidine rings is 1. The smallest absolute Gasteiger partial charge is 0.240 e. The third-order valence-corrected chi connectivity index (χ3v) is 5.70. The first-order valence-corrected chi connectivity index (χ1v) is 8.39. The molecule has 0 bridgehead atoms. The van der Waals surface area contributed by atoms with Crippen LogP contribution in [0.25, 0.3) is 0 Å². The van der Waals surface area contributed by atoms with Crippen molar-refractivity contribution >= 4 is 11.8 Å². The summed E-state index contributed by atoms with van der Waals surface area (Å²) in [5, 5.41) is 3.02. The number of nitrogens with zero attached hydrogens (tertiary/aromatic N) is 2. The van der Waals surface area contributed by atoms with Crippen molar-refractivity contribution in [2.24, 2.45) is 11.8 Å². The van der Waals surface area contributed by atoms with Gasteiger partial charge >= 0.3 is 0 Å². The lowest BCUT2D eigenvalue weighted by atomic mass is 9.74. The molecule has 2 saturated heterocycles. The maximum atomic E-state index is 12.4. The first-order chi connectivity index (χ1) is 10.1. The summed E-state index contributed by atoms with van der Waals surface area (Å²) in [6, 6.07) is 0. The van der Waals surface area contributed by atoms with Crippen molar-refractivity contribution in [2.75, 3.05) is 32.7 Å². The van der Waals surface area contributed by atoms with Crippen LogP contribution in [-0.4, -0.2) is 59.9 Å². The van der Waals surface area contributed by atoms with Gasteiger partial charge in [-0.05, 0) is 38.1 Å². The minimum absolute atomic E-state index is 0.167. The van der Waals surface area contributed by atoms with Gasteiger partial charge in [-0.25, -0.2) is 0 Å². The molecule has 0 atom stereocenters. The van der Waals surface area contributed by atoms with Crippen LogP contribution in [0.2, 0.25) is 0 Å². The van der Waals surface area contributed by atoms with Gasteiger partial charge in [0.25, 0.3) is 0 Å². The summed E-state index contributed by atoms with van der Waals surface area (Å²) in [4.78, 5) is 29.1. The molecule has 1 spiro atoms. The summed E-state index contributed by atoms with van der Waals surface area (Å²) in [5.74, 6) is 1.44. The summed E-state index contributed by atoms with van der Waals surface area (Å²) < 4.78 is 0. The molecule has 3 rings (SSSR count). The number of piperazine rings is 1. The van der Waals surface area contributed by atoms with Gasteiger partial charge in [0.05, 0.1) is 0 Å². The average molecular weight is 293 g/mol. The quantitative estimate of drug-likeness (QED) is 0.821. The number of carbonyl (C=O) groups excluding carboxylic acids is 2. The minimum atomic E-state index is -0.364. The number of hydrogen-bond donors (Lipinski definition) is 1. The third-order valence-electron chi connectivity index (χ3n) is 5.70. The molecule has 2 heterocycles. The minimum Gasteiger partial charge on any atom is -0.353 e. The van der Waals surface area contributed by atoms with Crippen LogP contribution >= 0.6 is 0 Å². The molecule has 3 aliphatic rings. The van der Waals surface area contributed by atoms with Crippen molar-refractivity contribution in [3.05, 3.63) is 0 Å². The van der Waals surface area contributed by atoms with E-state index in [1.54, 1.807) is 0 Å². The highest BCUT2D eigenvalue weighted by Gasteiger charge is 2.48. The van der Waals surface area contributed by atoms with Crippen LogP contribution in [0.4, 0.5) is 0 Å². The van der Waals surface area contributed by atoms with Crippen molar-refractivity contribution in [3.8, 4) is 0 Å². The molecule has 2 aliphatic heterocycles. The van der Waals surface area contributed by atoms with Crippen LogP contribution in [0.5, 0.6) is 0 Å². The molecule has 1 aliphatic carbocycles. The molecule has 5 heteroatoms. The number of carbonyl (C=O) groups is 2. The predicted octanol–water partition coefficient (Wildman–Crippen LogP) is 0.845. The van der Waals surface area contributed by atoms with Gasteiger partial charge in [0.15, 0.2) is 0 Å². The molecule has 1 N–H and O–H groups in total. The fourth-order valence-electron chi connectivity index (χ4n) is 4.29. The molecule has 118 valence electrons. The molecule has 1 saturated carbocycles. The van der Waals surface area contributed by atoms with E-state index in [-0.39, 0.29) is 17.4 Å². The Morgan fingerprint density at radius 2 is 1.95 bits per heavy atom. The van der Waals surface area contributed by atoms with Gasteiger partial charge in [0.2, 0.25) is 11.8 Å².